The summed E-state index contributed by atoms with van der Waals surface area (Å²) in [7, 11) is 2.07. The molecule has 2 saturated heterocycles. The molecular weight excluding hydrogens is 409 g/mol. The third-order valence-corrected chi connectivity index (χ3v) is 5.80. The van der Waals surface area contributed by atoms with Crippen molar-refractivity contribution < 1.29 is 18.0 Å². The van der Waals surface area contributed by atoms with Crippen LogP contribution in [0, 0.1) is 0 Å². The largest absolute Gasteiger partial charge is 0.416 e. The monoisotopic (exact) mass is 434 g/mol. The molecule has 0 atom stereocenters. The number of alkyl halides is 3. The molecule has 0 unspecified atom stereocenters. The van der Waals surface area contributed by atoms with E-state index in [1.54, 1.807) is 17.0 Å². The van der Waals surface area contributed by atoms with Crippen LogP contribution in [0.3, 0.4) is 0 Å². The van der Waals surface area contributed by atoms with Crippen molar-refractivity contribution in [3.05, 3.63) is 47.9 Å². The molecule has 4 rings (SSSR count). The number of hydrogen-bond acceptors (Lipinski definition) is 6. The van der Waals surface area contributed by atoms with Crippen LogP contribution >= 0.6 is 0 Å². The molecule has 0 N–H and O–H groups in total. The van der Waals surface area contributed by atoms with Gasteiger partial charge in [-0.25, -0.2) is 9.97 Å². The number of aromatic nitrogens is 2. The van der Waals surface area contributed by atoms with Crippen molar-refractivity contribution in [2.24, 2.45) is 0 Å². The van der Waals surface area contributed by atoms with E-state index in [1.165, 1.54) is 12.4 Å². The van der Waals surface area contributed by atoms with E-state index in [0.29, 0.717) is 37.6 Å². The zero-order chi connectivity index (χ0) is 22.0. The van der Waals surface area contributed by atoms with Gasteiger partial charge in [-0.2, -0.15) is 13.2 Å². The van der Waals surface area contributed by atoms with Crippen LogP contribution in [0.2, 0.25) is 0 Å². The Kier molecular flexibility index (Phi) is 5.99. The molecule has 1 amide bonds. The number of benzene rings is 1. The van der Waals surface area contributed by atoms with Gasteiger partial charge >= 0.3 is 6.18 Å². The number of likely N-dealkylation sites (N-methyl/N-ethyl adjacent to an activating group) is 1. The van der Waals surface area contributed by atoms with Crippen molar-refractivity contribution in [1.82, 2.24) is 19.8 Å². The number of rotatable bonds is 3. The van der Waals surface area contributed by atoms with Crippen molar-refractivity contribution in [2.45, 2.75) is 6.18 Å². The fraction of sp³-hybridized carbons (Fsp3) is 0.476. The van der Waals surface area contributed by atoms with E-state index in [9.17, 15) is 18.0 Å². The Morgan fingerprint density at radius 2 is 1.58 bits per heavy atom. The molecule has 0 spiro atoms. The topological polar surface area (TPSA) is 55.8 Å². The van der Waals surface area contributed by atoms with Crippen LogP contribution in [0.4, 0.5) is 24.7 Å². The van der Waals surface area contributed by atoms with Crippen LogP contribution in [0.1, 0.15) is 16.1 Å². The number of halogens is 3. The molecule has 0 aliphatic carbocycles. The number of anilines is 2. The molecule has 2 aromatic rings. The Morgan fingerprint density at radius 1 is 0.903 bits per heavy atom. The molecule has 0 bridgehead atoms. The van der Waals surface area contributed by atoms with E-state index < -0.39 is 11.7 Å². The second kappa shape index (κ2) is 8.70. The van der Waals surface area contributed by atoms with E-state index in [-0.39, 0.29) is 5.91 Å². The van der Waals surface area contributed by atoms with Gasteiger partial charge in [0.2, 0.25) is 0 Å². The highest BCUT2D eigenvalue weighted by Crippen LogP contribution is 2.32. The third-order valence-electron chi connectivity index (χ3n) is 5.80. The number of carbonyl (C=O) groups is 1. The van der Waals surface area contributed by atoms with E-state index in [4.69, 9.17) is 0 Å². The summed E-state index contributed by atoms with van der Waals surface area (Å²) in [5, 5.41) is 0. The number of hydrogen-bond donors (Lipinski definition) is 0. The molecule has 1 aromatic heterocycles. The quantitative estimate of drug-likeness (QED) is 0.739. The van der Waals surface area contributed by atoms with Gasteiger partial charge in [-0.3, -0.25) is 4.79 Å². The lowest BCUT2D eigenvalue weighted by Crippen LogP contribution is -2.49. The molecule has 0 radical (unpaired) electrons. The van der Waals surface area contributed by atoms with Crippen LogP contribution in [-0.2, 0) is 6.18 Å². The highest BCUT2D eigenvalue weighted by atomic mass is 19.4. The molecule has 7 nitrogen and oxygen atoms in total. The van der Waals surface area contributed by atoms with E-state index >= 15 is 0 Å². The Balaban J connectivity index is 1.39. The minimum absolute atomic E-state index is 0.179. The fourth-order valence-corrected chi connectivity index (χ4v) is 3.88. The van der Waals surface area contributed by atoms with E-state index in [2.05, 4.69) is 26.8 Å². The molecule has 0 saturated carbocycles. The first-order valence-corrected chi connectivity index (χ1v) is 10.3. The molecule has 2 aliphatic heterocycles. The number of carbonyl (C=O) groups excluding carboxylic acids is 1. The summed E-state index contributed by atoms with van der Waals surface area (Å²) >= 11 is 0. The molecule has 31 heavy (non-hydrogen) atoms. The predicted molar refractivity (Wildman–Crippen MR) is 111 cm³/mol. The SMILES string of the molecule is CN1CCN(c2cc(C(=O)N3CCN(c4cccc(C(F)(F)F)c4)CC3)ncn2)CC1. The van der Waals surface area contributed by atoms with Crippen LogP contribution in [0.25, 0.3) is 0 Å². The summed E-state index contributed by atoms with van der Waals surface area (Å²) in [5.74, 6) is 0.565. The Morgan fingerprint density at radius 3 is 2.26 bits per heavy atom. The van der Waals surface area contributed by atoms with Crippen LogP contribution in [0.15, 0.2) is 36.7 Å². The Bertz CT molecular complexity index is 921. The lowest BCUT2D eigenvalue weighted by Gasteiger charge is -2.36. The van der Waals surface area contributed by atoms with Crippen molar-refractivity contribution in [3.8, 4) is 0 Å². The van der Waals surface area contributed by atoms with E-state index in [0.717, 1.165) is 44.1 Å². The lowest BCUT2D eigenvalue weighted by atomic mass is 10.1. The summed E-state index contributed by atoms with van der Waals surface area (Å²) in [6.07, 6.45) is -2.96. The maximum atomic E-state index is 13.0. The summed E-state index contributed by atoms with van der Waals surface area (Å²) in [5.41, 5.74) is 0.193. The molecule has 10 heteroatoms. The Hall–Kier alpha value is -2.88. The highest BCUT2D eigenvalue weighted by molar-refractivity contribution is 5.93. The van der Waals surface area contributed by atoms with Crippen molar-refractivity contribution in [1.29, 1.82) is 0 Å². The van der Waals surface area contributed by atoms with E-state index in [1.807, 2.05) is 4.90 Å². The summed E-state index contributed by atoms with van der Waals surface area (Å²) in [6.45, 7) is 5.32. The first kappa shape index (κ1) is 21.4. The van der Waals surface area contributed by atoms with Crippen LogP contribution in [-0.4, -0.2) is 85.1 Å². The minimum Gasteiger partial charge on any atom is -0.368 e. The highest BCUT2D eigenvalue weighted by Gasteiger charge is 2.31. The molecule has 2 aliphatic rings. The predicted octanol–water partition coefficient (Wildman–Crippen LogP) is 2.21. The second-order valence-electron chi connectivity index (χ2n) is 7.88. The van der Waals surface area contributed by atoms with Gasteiger partial charge in [0, 0.05) is 64.1 Å². The van der Waals surface area contributed by atoms with Gasteiger partial charge in [0.15, 0.2) is 0 Å². The number of piperazine rings is 2. The first-order chi connectivity index (χ1) is 14.8. The van der Waals surface area contributed by atoms with Gasteiger partial charge < -0.3 is 19.6 Å². The van der Waals surface area contributed by atoms with Crippen molar-refractivity contribution >= 4 is 17.4 Å². The molecule has 3 heterocycles. The number of nitrogens with zero attached hydrogens (tertiary/aromatic N) is 6. The summed E-state index contributed by atoms with van der Waals surface area (Å²) in [6, 6.07) is 7.03. The molecule has 2 fully saturated rings. The summed E-state index contributed by atoms with van der Waals surface area (Å²) in [4.78, 5) is 29.4. The smallest absolute Gasteiger partial charge is 0.368 e. The summed E-state index contributed by atoms with van der Waals surface area (Å²) < 4.78 is 39.0. The van der Waals surface area contributed by atoms with Crippen molar-refractivity contribution in [2.75, 3.05) is 69.2 Å². The zero-order valence-corrected chi connectivity index (χ0v) is 17.3. The van der Waals surface area contributed by atoms with Gasteiger partial charge in [-0.05, 0) is 25.2 Å². The zero-order valence-electron chi connectivity index (χ0n) is 17.3. The van der Waals surface area contributed by atoms with Crippen LogP contribution < -0.4 is 9.80 Å². The standard InChI is InChI=1S/C21H25F3N6O/c1-27-5-7-29(8-6-27)19-14-18(25-15-26-19)20(31)30-11-9-28(10-12-30)17-4-2-3-16(13-17)21(22,23)24/h2-4,13-15H,5-12H2,1H3. The van der Waals surface area contributed by atoms with Gasteiger partial charge in [-0.15, -0.1) is 0 Å². The maximum absolute atomic E-state index is 13.0. The Labute approximate surface area is 179 Å². The maximum Gasteiger partial charge on any atom is 0.416 e. The van der Waals surface area contributed by atoms with Gasteiger partial charge in [0.25, 0.3) is 5.91 Å². The average molecular weight is 434 g/mol. The lowest BCUT2D eigenvalue weighted by molar-refractivity contribution is -0.137. The van der Waals surface area contributed by atoms with Gasteiger partial charge in [0.1, 0.15) is 17.8 Å². The fourth-order valence-electron chi connectivity index (χ4n) is 3.88. The molecule has 1 aromatic carbocycles. The minimum atomic E-state index is -4.37. The normalized spacial score (nSPS) is 18.4. The second-order valence-corrected chi connectivity index (χ2v) is 7.88. The first-order valence-electron chi connectivity index (χ1n) is 10.3. The van der Waals surface area contributed by atoms with Crippen molar-refractivity contribution in [3.63, 3.8) is 0 Å². The van der Waals surface area contributed by atoms with Crippen LogP contribution in [0.5, 0.6) is 0 Å². The third kappa shape index (κ3) is 4.90. The van der Waals surface area contributed by atoms with Gasteiger partial charge in [-0.1, -0.05) is 6.07 Å². The molecule has 166 valence electrons. The van der Waals surface area contributed by atoms with Gasteiger partial charge in [0.05, 0.1) is 5.56 Å². The number of amides is 1. The average Bonchev–Trinajstić information content (AvgIpc) is 2.79. The molecular formula is C21H25F3N6O.